The number of rotatable bonds is 8. The van der Waals surface area contributed by atoms with Gasteiger partial charge in [-0.1, -0.05) is 32.9 Å². The van der Waals surface area contributed by atoms with E-state index in [1.165, 1.54) is 5.56 Å². The van der Waals surface area contributed by atoms with E-state index in [4.69, 9.17) is 5.73 Å². The lowest BCUT2D eigenvalue weighted by molar-refractivity contribution is -0.123. The summed E-state index contributed by atoms with van der Waals surface area (Å²) in [6, 6.07) is 8.05. The van der Waals surface area contributed by atoms with Gasteiger partial charge < -0.3 is 11.1 Å². The summed E-state index contributed by atoms with van der Waals surface area (Å²) in [5.74, 6) is 0.547. The predicted molar refractivity (Wildman–Crippen MR) is 88.9 cm³/mol. The Morgan fingerprint density at radius 1 is 1.24 bits per heavy atom. The van der Waals surface area contributed by atoms with Crippen LogP contribution in [0.1, 0.15) is 39.7 Å². The molecular weight excluding hydrogens is 262 g/mol. The van der Waals surface area contributed by atoms with Gasteiger partial charge in [-0.25, -0.2) is 0 Å². The van der Waals surface area contributed by atoms with Crippen LogP contribution in [-0.4, -0.2) is 29.9 Å². The van der Waals surface area contributed by atoms with Gasteiger partial charge in [-0.3, -0.25) is 9.69 Å². The van der Waals surface area contributed by atoms with Crippen LogP contribution in [0, 0.1) is 5.92 Å². The molecule has 0 aliphatic carbocycles. The van der Waals surface area contributed by atoms with Crippen molar-refractivity contribution in [2.45, 2.75) is 46.7 Å². The number of nitrogens with two attached hydrogens (primary N) is 1. The molecule has 1 atom stereocenters. The number of hydrogen-bond acceptors (Lipinski definition) is 3. The van der Waals surface area contributed by atoms with Crippen molar-refractivity contribution in [2.24, 2.45) is 5.92 Å². The number of hydrogen-bond donors (Lipinski definition) is 2. The minimum atomic E-state index is 0.0973. The van der Waals surface area contributed by atoms with Crippen molar-refractivity contribution in [1.29, 1.82) is 0 Å². The number of benzene rings is 1. The molecule has 1 aromatic carbocycles. The molecule has 0 aliphatic heterocycles. The number of carbonyl (C=O) groups excluding carboxylic acids is 1. The third-order valence-corrected chi connectivity index (χ3v) is 3.68. The van der Waals surface area contributed by atoms with Crippen molar-refractivity contribution >= 4 is 11.6 Å². The van der Waals surface area contributed by atoms with E-state index in [2.05, 4.69) is 31.0 Å². The Bertz CT molecular complexity index is 428. The molecule has 0 radical (unpaired) electrons. The third-order valence-electron chi connectivity index (χ3n) is 3.68. The minimum Gasteiger partial charge on any atom is -0.399 e. The zero-order valence-electron chi connectivity index (χ0n) is 13.7. The standard InChI is InChI=1S/C17H29N3O/c1-5-10-20(11-15-6-8-16(18)9-7-15)12-17(21)19-14(4)13(2)3/h6-9,13-14H,5,10-12,18H2,1-4H3,(H,19,21). The molecule has 0 aliphatic rings. The number of amides is 1. The highest BCUT2D eigenvalue weighted by molar-refractivity contribution is 5.78. The first kappa shape index (κ1) is 17.5. The number of anilines is 1. The van der Waals surface area contributed by atoms with Gasteiger partial charge in [0.1, 0.15) is 0 Å². The predicted octanol–water partition coefficient (Wildman–Crippen LogP) is 2.64. The maximum Gasteiger partial charge on any atom is 0.234 e. The van der Waals surface area contributed by atoms with E-state index < -0.39 is 0 Å². The molecule has 0 spiro atoms. The zero-order valence-corrected chi connectivity index (χ0v) is 13.7. The molecule has 0 bridgehead atoms. The molecular formula is C17H29N3O. The summed E-state index contributed by atoms with van der Waals surface area (Å²) >= 11 is 0. The maximum atomic E-state index is 12.1. The molecule has 1 amide bonds. The van der Waals surface area contributed by atoms with Crippen LogP contribution in [0.4, 0.5) is 5.69 Å². The summed E-state index contributed by atoms with van der Waals surface area (Å²) in [7, 11) is 0. The fourth-order valence-corrected chi connectivity index (χ4v) is 2.08. The van der Waals surface area contributed by atoms with Gasteiger partial charge in [0.2, 0.25) is 5.91 Å². The third kappa shape index (κ3) is 6.63. The molecule has 4 nitrogen and oxygen atoms in total. The molecule has 1 unspecified atom stereocenters. The summed E-state index contributed by atoms with van der Waals surface area (Å²) in [5, 5.41) is 3.06. The number of nitrogen functional groups attached to an aromatic ring is 1. The van der Waals surface area contributed by atoms with Gasteiger partial charge in [-0.15, -0.1) is 0 Å². The number of nitrogens with one attached hydrogen (secondary N) is 1. The quantitative estimate of drug-likeness (QED) is 0.724. The van der Waals surface area contributed by atoms with Crippen LogP contribution in [0.25, 0.3) is 0 Å². The van der Waals surface area contributed by atoms with E-state index in [0.717, 1.165) is 25.2 Å². The second kappa shape index (κ2) is 8.67. The smallest absolute Gasteiger partial charge is 0.234 e. The number of carbonyl (C=O) groups is 1. The second-order valence-corrected chi connectivity index (χ2v) is 6.05. The first-order valence-corrected chi connectivity index (χ1v) is 7.78. The lowest BCUT2D eigenvalue weighted by atomic mass is 10.1. The normalized spacial score (nSPS) is 12.7. The van der Waals surface area contributed by atoms with Crippen LogP contribution in [0.2, 0.25) is 0 Å². The van der Waals surface area contributed by atoms with Crippen molar-refractivity contribution < 1.29 is 4.79 Å². The van der Waals surface area contributed by atoms with Gasteiger partial charge in [-0.2, -0.15) is 0 Å². The van der Waals surface area contributed by atoms with Crippen molar-refractivity contribution in [3.63, 3.8) is 0 Å². The first-order valence-electron chi connectivity index (χ1n) is 7.78. The van der Waals surface area contributed by atoms with E-state index in [1.54, 1.807) is 0 Å². The monoisotopic (exact) mass is 291 g/mol. The van der Waals surface area contributed by atoms with E-state index in [0.29, 0.717) is 12.5 Å². The number of nitrogens with zero attached hydrogens (tertiary/aromatic N) is 1. The van der Waals surface area contributed by atoms with Gasteiger partial charge in [-0.05, 0) is 43.5 Å². The van der Waals surface area contributed by atoms with E-state index in [-0.39, 0.29) is 11.9 Å². The van der Waals surface area contributed by atoms with Crippen LogP contribution in [0.3, 0.4) is 0 Å². The molecule has 0 heterocycles. The Labute approximate surface area is 128 Å². The van der Waals surface area contributed by atoms with Crippen molar-refractivity contribution in [3.05, 3.63) is 29.8 Å². The fourth-order valence-electron chi connectivity index (χ4n) is 2.08. The Kier molecular flexibility index (Phi) is 7.23. The van der Waals surface area contributed by atoms with Gasteiger partial charge in [0, 0.05) is 18.3 Å². The summed E-state index contributed by atoms with van der Waals surface area (Å²) in [6.07, 6.45) is 1.03. The molecule has 0 aromatic heterocycles. The van der Waals surface area contributed by atoms with Crippen molar-refractivity contribution in [3.8, 4) is 0 Å². The molecule has 1 rings (SSSR count). The molecule has 0 saturated heterocycles. The second-order valence-electron chi connectivity index (χ2n) is 6.05. The zero-order chi connectivity index (χ0) is 15.8. The maximum absolute atomic E-state index is 12.1. The lowest BCUT2D eigenvalue weighted by Crippen LogP contribution is -2.42. The Hall–Kier alpha value is -1.55. The fraction of sp³-hybridized carbons (Fsp3) is 0.588. The van der Waals surface area contributed by atoms with E-state index >= 15 is 0 Å². The lowest BCUT2D eigenvalue weighted by Gasteiger charge is -2.24. The summed E-state index contributed by atoms with van der Waals surface area (Å²) in [5.41, 5.74) is 7.65. The molecule has 3 N–H and O–H groups in total. The van der Waals surface area contributed by atoms with Gasteiger partial charge in [0.05, 0.1) is 6.54 Å². The van der Waals surface area contributed by atoms with Crippen molar-refractivity contribution in [2.75, 3.05) is 18.8 Å². The Balaban J connectivity index is 2.56. The van der Waals surface area contributed by atoms with E-state index in [9.17, 15) is 4.79 Å². The van der Waals surface area contributed by atoms with Gasteiger partial charge in [0.25, 0.3) is 0 Å². The molecule has 4 heteroatoms. The highest BCUT2D eigenvalue weighted by atomic mass is 16.2. The largest absolute Gasteiger partial charge is 0.399 e. The molecule has 1 aromatic rings. The Morgan fingerprint density at radius 2 is 1.86 bits per heavy atom. The van der Waals surface area contributed by atoms with Crippen LogP contribution >= 0.6 is 0 Å². The van der Waals surface area contributed by atoms with Crippen LogP contribution in [-0.2, 0) is 11.3 Å². The molecule has 0 fully saturated rings. The topological polar surface area (TPSA) is 58.4 Å². The average Bonchev–Trinajstić information content (AvgIpc) is 2.41. The van der Waals surface area contributed by atoms with Gasteiger partial charge >= 0.3 is 0 Å². The van der Waals surface area contributed by atoms with Crippen LogP contribution < -0.4 is 11.1 Å². The van der Waals surface area contributed by atoms with Crippen molar-refractivity contribution in [1.82, 2.24) is 10.2 Å². The minimum absolute atomic E-state index is 0.0973. The molecule has 118 valence electrons. The highest BCUT2D eigenvalue weighted by Crippen LogP contribution is 2.09. The van der Waals surface area contributed by atoms with Crippen LogP contribution in [0.5, 0.6) is 0 Å². The van der Waals surface area contributed by atoms with Crippen LogP contribution in [0.15, 0.2) is 24.3 Å². The molecule has 0 saturated carbocycles. The summed E-state index contributed by atoms with van der Waals surface area (Å²) < 4.78 is 0. The molecule has 21 heavy (non-hydrogen) atoms. The first-order chi connectivity index (χ1) is 9.92. The Morgan fingerprint density at radius 3 is 2.38 bits per heavy atom. The SMILES string of the molecule is CCCN(CC(=O)NC(C)C(C)C)Cc1ccc(N)cc1. The highest BCUT2D eigenvalue weighted by Gasteiger charge is 2.14. The summed E-state index contributed by atoms with van der Waals surface area (Å²) in [6.45, 7) is 10.5. The van der Waals surface area contributed by atoms with E-state index in [1.807, 2.05) is 31.2 Å². The van der Waals surface area contributed by atoms with Gasteiger partial charge in [0.15, 0.2) is 0 Å². The average molecular weight is 291 g/mol. The summed E-state index contributed by atoms with van der Waals surface area (Å²) in [4.78, 5) is 14.3.